The van der Waals surface area contributed by atoms with Crippen molar-refractivity contribution in [3.05, 3.63) is 52.5 Å². The molecule has 0 fully saturated rings. The van der Waals surface area contributed by atoms with Gasteiger partial charge in [-0.05, 0) is 36.4 Å². The second-order valence-electron chi connectivity index (χ2n) is 4.08. The maximum atomic E-state index is 5.90. The quantitative estimate of drug-likeness (QED) is 0.738. The lowest BCUT2D eigenvalue weighted by atomic mass is 10.3. The van der Waals surface area contributed by atoms with E-state index in [1.165, 1.54) is 0 Å². The fraction of sp³-hybridized carbons (Fsp3) is 0.0714. The average Bonchev–Trinajstić information content (AvgIpc) is 2.78. The van der Waals surface area contributed by atoms with E-state index in [1.807, 2.05) is 36.4 Å². The lowest BCUT2D eigenvalue weighted by molar-refractivity contribution is 0.306. The summed E-state index contributed by atoms with van der Waals surface area (Å²) in [5.74, 6) is 0.742. The number of hydrogen-bond acceptors (Lipinski definition) is 4. The highest BCUT2D eigenvalue weighted by molar-refractivity contribution is 7.18. The van der Waals surface area contributed by atoms with Crippen LogP contribution in [0.15, 0.2) is 42.5 Å². The van der Waals surface area contributed by atoms with Gasteiger partial charge in [0.2, 0.25) is 0 Å². The predicted octanol–water partition coefficient (Wildman–Crippen LogP) is 4.11. The smallest absolute Gasteiger partial charge is 0.140 e. The third kappa shape index (κ3) is 2.80. The molecule has 96 valence electrons. The van der Waals surface area contributed by atoms with Gasteiger partial charge in [0, 0.05) is 10.7 Å². The van der Waals surface area contributed by atoms with Gasteiger partial charge in [-0.15, -0.1) is 11.3 Å². The average molecular weight is 291 g/mol. The van der Waals surface area contributed by atoms with Crippen LogP contribution in [0.2, 0.25) is 5.02 Å². The minimum atomic E-state index is 0.430. The zero-order valence-corrected chi connectivity index (χ0v) is 11.5. The van der Waals surface area contributed by atoms with Gasteiger partial charge in [-0.2, -0.15) is 0 Å². The SMILES string of the molecule is Nc1ccc2nc(COc3cccc(Cl)c3)sc2c1. The molecule has 0 bridgehead atoms. The van der Waals surface area contributed by atoms with E-state index in [1.54, 1.807) is 17.4 Å². The molecular weight excluding hydrogens is 280 g/mol. The van der Waals surface area contributed by atoms with Crippen molar-refractivity contribution in [1.82, 2.24) is 4.98 Å². The van der Waals surface area contributed by atoms with Crippen LogP contribution >= 0.6 is 22.9 Å². The van der Waals surface area contributed by atoms with Crippen molar-refractivity contribution in [2.45, 2.75) is 6.61 Å². The number of rotatable bonds is 3. The Hall–Kier alpha value is -1.78. The number of nitrogens with zero attached hydrogens (tertiary/aromatic N) is 1. The second-order valence-corrected chi connectivity index (χ2v) is 5.63. The van der Waals surface area contributed by atoms with Crippen molar-refractivity contribution in [1.29, 1.82) is 0 Å². The maximum Gasteiger partial charge on any atom is 0.140 e. The number of nitrogens with two attached hydrogens (primary N) is 1. The van der Waals surface area contributed by atoms with Gasteiger partial charge < -0.3 is 10.5 Å². The second kappa shape index (κ2) is 5.07. The molecule has 5 heteroatoms. The number of thiazole rings is 1. The summed E-state index contributed by atoms with van der Waals surface area (Å²) in [6.07, 6.45) is 0. The Bertz CT molecular complexity index is 726. The van der Waals surface area contributed by atoms with E-state index >= 15 is 0 Å². The Morgan fingerprint density at radius 2 is 2.11 bits per heavy atom. The number of hydrogen-bond donors (Lipinski definition) is 1. The van der Waals surface area contributed by atoms with E-state index in [9.17, 15) is 0 Å². The molecule has 1 aromatic heterocycles. The lowest BCUT2D eigenvalue weighted by Gasteiger charge is -2.03. The summed E-state index contributed by atoms with van der Waals surface area (Å²) in [5.41, 5.74) is 7.44. The first-order valence-corrected chi connectivity index (χ1v) is 6.93. The molecule has 0 amide bonds. The van der Waals surface area contributed by atoms with Gasteiger partial charge in [-0.1, -0.05) is 17.7 Å². The van der Waals surface area contributed by atoms with E-state index in [0.717, 1.165) is 26.7 Å². The number of benzene rings is 2. The third-order valence-electron chi connectivity index (χ3n) is 2.62. The Balaban J connectivity index is 1.78. The number of aromatic nitrogens is 1. The van der Waals surface area contributed by atoms with Crippen molar-refractivity contribution >= 4 is 38.8 Å². The van der Waals surface area contributed by atoms with Gasteiger partial charge >= 0.3 is 0 Å². The maximum absolute atomic E-state index is 5.90. The van der Waals surface area contributed by atoms with Crippen LogP contribution in [0.25, 0.3) is 10.2 Å². The zero-order chi connectivity index (χ0) is 13.2. The highest BCUT2D eigenvalue weighted by Crippen LogP contribution is 2.25. The van der Waals surface area contributed by atoms with Gasteiger partial charge in [0.05, 0.1) is 10.2 Å². The molecule has 19 heavy (non-hydrogen) atoms. The van der Waals surface area contributed by atoms with E-state index in [-0.39, 0.29) is 0 Å². The molecule has 3 nitrogen and oxygen atoms in total. The number of ether oxygens (including phenoxy) is 1. The molecule has 1 heterocycles. The highest BCUT2D eigenvalue weighted by atomic mass is 35.5. The topological polar surface area (TPSA) is 48.1 Å². The normalized spacial score (nSPS) is 10.8. The monoisotopic (exact) mass is 290 g/mol. The van der Waals surface area contributed by atoms with E-state index in [0.29, 0.717) is 11.6 Å². The van der Waals surface area contributed by atoms with Crippen LogP contribution in [0.1, 0.15) is 5.01 Å². The van der Waals surface area contributed by atoms with Gasteiger partial charge in [0.1, 0.15) is 17.4 Å². The Morgan fingerprint density at radius 1 is 1.21 bits per heavy atom. The molecule has 0 saturated heterocycles. The van der Waals surface area contributed by atoms with Gasteiger partial charge in [0.15, 0.2) is 0 Å². The van der Waals surface area contributed by atoms with Crippen molar-refractivity contribution in [2.75, 3.05) is 5.73 Å². The number of nitrogen functional groups attached to an aromatic ring is 1. The van der Waals surface area contributed by atoms with E-state index < -0.39 is 0 Å². The summed E-state index contributed by atoms with van der Waals surface area (Å²) >= 11 is 7.49. The van der Waals surface area contributed by atoms with Crippen molar-refractivity contribution in [3.8, 4) is 5.75 Å². The van der Waals surface area contributed by atoms with E-state index in [2.05, 4.69) is 4.98 Å². The van der Waals surface area contributed by atoms with Gasteiger partial charge in [-0.3, -0.25) is 0 Å². The highest BCUT2D eigenvalue weighted by Gasteiger charge is 2.05. The van der Waals surface area contributed by atoms with Crippen LogP contribution in [0.3, 0.4) is 0 Å². The zero-order valence-electron chi connectivity index (χ0n) is 9.97. The van der Waals surface area contributed by atoms with Gasteiger partial charge in [-0.25, -0.2) is 4.98 Å². The first-order valence-electron chi connectivity index (χ1n) is 5.74. The van der Waals surface area contributed by atoms with Crippen LogP contribution < -0.4 is 10.5 Å². The van der Waals surface area contributed by atoms with Crippen LogP contribution in [-0.2, 0) is 6.61 Å². The van der Waals surface area contributed by atoms with Crippen molar-refractivity contribution in [2.24, 2.45) is 0 Å². The lowest BCUT2D eigenvalue weighted by Crippen LogP contribution is -1.94. The molecule has 0 saturated carbocycles. The molecule has 2 N–H and O–H groups in total. The summed E-state index contributed by atoms with van der Waals surface area (Å²) in [7, 11) is 0. The fourth-order valence-corrected chi connectivity index (χ4v) is 2.86. The van der Waals surface area contributed by atoms with Crippen LogP contribution in [0.5, 0.6) is 5.75 Å². The van der Waals surface area contributed by atoms with Crippen LogP contribution in [0.4, 0.5) is 5.69 Å². The first-order chi connectivity index (χ1) is 9.20. The predicted molar refractivity (Wildman–Crippen MR) is 79.8 cm³/mol. The molecule has 0 radical (unpaired) electrons. The standard InChI is InChI=1S/C14H11ClN2OS/c15-9-2-1-3-11(6-9)18-8-14-17-12-5-4-10(16)7-13(12)19-14/h1-7H,8,16H2. The molecule has 0 spiro atoms. The van der Waals surface area contributed by atoms with Gasteiger partial charge in [0.25, 0.3) is 0 Å². The molecule has 0 atom stereocenters. The summed E-state index contributed by atoms with van der Waals surface area (Å²) in [6, 6.07) is 13.0. The van der Waals surface area contributed by atoms with Crippen molar-refractivity contribution < 1.29 is 4.74 Å². The summed E-state index contributed by atoms with van der Waals surface area (Å²) in [5, 5.41) is 1.58. The number of anilines is 1. The van der Waals surface area contributed by atoms with Crippen LogP contribution in [-0.4, -0.2) is 4.98 Å². The first kappa shape index (κ1) is 12.3. The molecule has 0 aliphatic heterocycles. The Labute approximate surface area is 119 Å². The largest absolute Gasteiger partial charge is 0.486 e. The third-order valence-corrected chi connectivity index (χ3v) is 3.84. The number of fused-ring (bicyclic) bond motifs is 1. The fourth-order valence-electron chi connectivity index (χ4n) is 1.75. The summed E-state index contributed by atoms with van der Waals surface area (Å²) in [4.78, 5) is 4.50. The molecule has 0 aliphatic carbocycles. The molecule has 0 aliphatic rings. The van der Waals surface area contributed by atoms with Crippen LogP contribution in [0, 0.1) is 0 Å². The Morgan fingerprint density at radius 3 is 2.95 bits per heavy atom. The summed E-state index contributed by atoms with van der Waals surface area (Å²) < 4.78 is 6.74. The minimum Gasteiger partial charge on any atom is -0.486 e. The number of halogens is 1. The molecular formula is C14H11ClN2OS. The minimum absolute atomic E-state index is 0.430. The molecule has 3 aromatic rings. The van der Waals surface area contributed by atoms with Crippen molar-refractivity contribution in [3.63, 3.8) is 0 Å². The van der Waals surface area contributed by atoms with E-state index in [4.69, 9.17) is 22.1 Å². The molecule has 2 aromatic carbocycles. The summed E-state index contributed by atoms with van der Waals surface area (Å²) in [6.45, 7) is 0.430. The molecule has 3 rings (SSSR count). The molecule has 0 unspecified atom stereocenters. The Kier molecular flexibility index (Phi) is 3.27.